The summed E-state index contributed by atoms with van der Waals surface area (Å²) in [5.41, 5.74) is 2.79. The average Bonchev–Trinajstić information content (AvgIpc) is 3.17. The van der Waals surface area contributed by atoms with Gasteiger partial charge in [-0.15, -0.1) is 0 Å². The molecule has 0 radical (unpaired) electrons. The summed E-state index contributed by atoms with van der Waals surface area (Å²) in [6, 6.07) is 0.103. The second-order valence-electron chi connectivity index (χ2n) is 8.18. The van der Waals surface area contributed by atoms with Crippen LogP contribution in [-0.4, -0.2) is 57.5 Å². The van der Waals surface area contributed by atoms with Crippen molar-refractivity contribution in [3.05, 3.63) is 17.0 Å². The maximum atomic E-state index is 13.1. The van der Waals surface area contributed by atoms with E-state index in [4.69, 9.17) is 0 Å². The van der Waals surface area contributed by atoms with Gasteiger partial charge < -0.3 is 9.80 Å². The monoisotopic (exact) mass is 344 g/mol. The Morgan fingerprint density at radius 3 is 2.80 bits per heavy atom. The number of carbonyl (C=O) groups is 2. The van der Waals surface area contributed by atoms with Crippen molar-refractivity contribution in [2.24, 2.45) is 11.8 Å². The number of aromatic amines is 1. The van der Waals surface area contributed by atoms with Crippen LogP contribution in [0.3, 0.4) is 0 Å². The third kappa shape index (κ3) is 3.18. The Labute approximate surface area is 148 Å². The first-order valence-electron chi connectivity index (χ1n) is 9.69. The number of fused-ring (bicyclic) bond motifs is 1. The van der Waals surface area contributed by atoms with E-state index in [1.807, 2.05) is 4.90 Å². The molecule has 0 spiro atoms. The fourth-order valence-corrected chi connectivity index (χ4v) is 4.19. The zero-order chi connectivity index (χ0) is 17.6. The van der Waals surface area contributed by atoms with E-state index in [0.717, 1.165) is 37.1 Å². The third-order valence-electron chi connectivity index (χ3n) is 5.94. The van der Waals surface area contributed by atoms with Crippen LogP contribution in [0.2, 0.25) is 0 Å². The van der Waals surface area contributed by atoms with Crippen LogP contribution in [0.1, 0.15) is 61.3 Å². The molecule has 2 heterocycles. The molecule has 1 aliphatic heterocycles. The van der Waals surface area contributed by atoms with Gasteiger partial charge in [-0.2, -0.15) is 5.10 Å². The molecule has 6 heteroatoms. The Kier molecular flexibility index (Phi) is 4.29. The van der Waals surface area contributed by atoms with E-state index < -0.39 is 0 Å². The van der Waals surface area contributed by atoms with Crippen molar-refractivity contribution in [3.63, 3.8) is 0 Å². The zero-order valence-electron chi connectivity index (χ0n) is 15.3. The molecule has 2 amide bonds. The van der Waals surface area contributed by atoms with Gasteiger partial charge in [0.1, 0.15) is 0 Å². The van der Waals surface area contributed by atoms with Gasteiger partial charge in [-0.3, -0.25) is 14.7 Å². The number of hydrogen-bond donors (Lipinski definition) is 1. The maximum absolute atomic E-state index is 13.1. The van der Waals surface area contributed by atoms with E-state index in [-0.39, 0.29) is 17.9 Å². The van der Waals surface area contributed by atoms with Gasteiger partial charge in [-0.25, -0.2) is 0 Å². The van der Waals surface area contributed by atoms with Gasteiger partial charge in [-0.1, -0.05) is 13.8 Å². The summed E-state index contributed by atoms with van der Waals surface area (Å²) >= 11 is 0. The second-order valence-corrected chi connectivity index (χ2v) is 8.18. The van der Waals surface area contributed by atoms with E-state index >= 15 is 0 Å². The van der Waals surface area contributed by atoms with E-state index in [0.29, 0.717) is 37.0 Å². The molecule has 1 atom stereocenters. The van der Waals surface area contributed by atoms with Gasteiger partial charge in [0.25, 0.3) is 5.91 Å². The van der Waals surface area contributed by atoms with Crippen molar-refractivity contribution >= 4 is 11.8 Å². The molecule has 2 aliphatic carbocycles. The molecule has 1 N–H and O–H groups in total. The molecule has 1 aromatic heterocycles. The first-order chi connectivity index (χ1) is 12.0. The van der Waals surface area contributed by atoms with Crippen LogP contribution in [0.15, 0.2) is 0 Å². The lowest BCUT2D eigenvalue weighted by atomic mass is 10.0. The molecule has 0 unspecified atom stereocenters. The lowest BCUT2D eigenvalue weighted by molar-refractivity contribution is -0.133. The summed E-state index contributed by atoms with van der Waals surface area (Å²) in [4.78, 5) is 29.7. The van der Waals surface area contributed by atoms with Gasteiger partial charge in [0.05, 0.1) is 6.04 Å². The van der Waals surface area contributed by atoms with E-state index in [1.54, 1.807) is 0 Å². The van der Waals surface area contributed by atoms with Gasteiger partial charge in [0.15, 0.2) is 5.69 Å². The van der Waals surface area contributed by atoms with Crippen molar-refractivity contribution < 1.29 is 9.59 Å². The lowest BCUT2D eigenvalue weighted by Gasteiger charge is -2.34. The number of H-pyrrole nitrogens is 1. The summed E-state index contributed by atoms with van der Waals surface area (Å²) in [5, 5.41) is 7.33. The largest absolute Gasteiger partial charge is 0.337 e. The van der Waals surface area contributed by atoms with Gasteiger partial charge >= 0.3 is 0 Å². The molecule has 0 aromatic carbocycles. The highest BCUT2D eigenvalue weighted by Crippen LogP contribution is 2.32. The highest BCUT2D eigenvalue weighted by atomic mass is 16.2. The molecule has 4 rings (SSSR count). The molecular formula is C19H28N4O2. The van der Waals surface area contributed by atoms with Crippen LogP contribution < -0.4 is 0 Å². The van der Waals surface area contributed by atoms with Crippen LogP contribution in [0.4, 0.5) is 0 Å². The topological polar surface area (TPSA) is 69.3 Å². The summed E-state index contributed by atoms with van der Waals surface area (Å²) in [7, 11) is 0. The predicted octanol–water partition coefficient (Wildman–Crippen LogP) is 2.01. The standard InChI is InChI=1S/C19H28N4O2/c1-12(2)16-11-22(9-8-17(24)23(16)10-13-6-7-13)19(25)18-14-4-3-5-15(14)20-21-18/h12-13,16H,3-11H2,1-2H3,(H,20,21)/t16-/m0/s1. The molecule has 2 fully saturated rings. The van der Waals surface area contributed by atoms with Gasteiger partial charge in [0, 0.05) is 37.3 Å². The Hall–Kier alpha value is -1.85. The number of hydrogen-bond acceptors (Lipinski definition) is 3. The molecule has 136 valence electrons. The predicted molar refractivity (Wildman–Crippen MR) is 94.2 cm³/mol. The quantitative estimate of drug-likeness (QED) is 0.908. The first kappa shape index (κ1) is 16.6. The number of carbonyl (C=O) groups excluding carboxylic acids is 2. The molecule has 1 saturated carbocycles. The Bertz CT molecular complexity index is 677. The number of aromatic nitrogens is 2. The van der Waals surface area contributed by atoms with Crippen LogP contribution in [0.25, 0.3) is 0 Å². The van der Waals surface area contributed by atoms with Crippen molar-refractivity contribution in [2.75, 3.05) is 19.6 Å². The maximum Gasteiger partial charge on any atom is 0.274 e. The summed E-state index contributed by atoms with van der Waals surface area (Å²) in [5.74, 6) is 1.20. The van der Waals surface area contributed by atoms with Crippen molar-refractivity contribution in [1.29, 1.82) is 0 Å². The number of rotatable bonds is 4. The van der Waals surface area contributed by atoms with E-state index in [2.05, 4.69) is 28.9 Å². The average molecular weight is 344 g/mol. The number of nitrogens with zero attached hydrogens (tertiary/aromatic N) is 3. The highest BCUT2D eigenvalue weighted by molar-refractivity contribution is 5.94. The van der Waals surface area contributed by atoms with Gasteiger partial charge in [-0.05, 0) is 43.9 Å². The minimum absolute atomic E-state index is 0.00822. The van der Waals surface area contributed by atoms with E-state index in [9.17, 15) is 9.59 Å². The number of nitrogens with one attached hydrogen (secondary N) is 1. The lowest BCUT2D eigenvalue weighted by Crippen LogP contribution is -2.48. The van der Waals surface area contributed by atoms with Crippen LogP contribution in [-0.2, 0) is 17.6 Å². The van der Waals surface area contributed by atoms with Crippen LogP contribution >= 0.6 is 0 Å². The van der Waals surface area contributed by atoms with E-state index in [1.165, 1.54) is 12.8 Å². The minimum atomic E-state index is -0.00822. The van der Waals surface area contributed by atoms with Crippen molar-refractivity contribution in [2.45, 2.75) is 58.4 Å². The van der Waals surface area contributed by atoms with Crippen molar-refractivity contribution in [1.82, 2.24) is 20.0 Å². The molecule has 0 bridgehead atoms. The molecule has 6 nitrogen and oxygen atoms in total. The summed E-state index contributed by atoms with van der Waals surface area (Å²) in [6.45, 7) is 6.29. The normalized spacial score (nSPS) is 24.0. The van der Waals surface area contributed by atoms with Gasteiger partial charge in [0.2, 0.25) is 5.91 Å². The number of aryl methyl sites for hydroxylation is 1. The Morgan fingerprint density at radius 1 is 1.28 bits per heavy atom. The fraction of sp³-hybridized carbons (Fsp3) is 0.737. The smallest absolute Gasteiger partial charge is 0.274 e. The molecular weight excluding hydrogens is 316 g/mol. The molecule has 25 heavy (non-hydrogen) atoms. The minimum Gasteiger partial charge on any atom is -0.337 e. The summed E-state index contributed by atoms with van der Waals surface area (Å²) in [6.07, 6.45) is 5.90. The van der Waals surface area contributed by atoms with Crippen LogP contribution in [0, 0.1) is 11.8 Å². The highest BCUT2D eigenvalue weighted by Gasteiger charge is 2.37. The molecule has 1 aromatic rings. The summed E-state index contributed by atoms with van der Waals surface area (Å²) < 4.78 is 0. The fourth-order valence-electron chi connectivity index (χ4n) is 4.19. The first-order valence-corrected chi connectivity index (χ1v) is 9.69. The SMILES string of the molecule is CC(C)[C@@H]1CN(C(=O)c2n[nH]c3c2CCC3)CCC(=O)N1CC1CC1. The molecule has 1 saturated heterocycles. The Balaban J connectivity index is 1.55. The third-order valence-corrected chi connectivity index (χ3v) is 5.94. The van der Waals surface area contributed by atoms with Crippen LogP contribution in [0.5, 0.6) is 0 Å². The Morgan fingerprint density at radius 2 is 2.08 bits per heavy atom. The second kappa shape index (κ2) is 6.46. The molecule has 3 aliphatic rings. The number of amides is 2. The van der Waals surface area contributed by atoms with Crippen molar-refractivity contribution in [3.8, 4) is 0 Å². The zero-order valence-corrected chi connectivity index (χ0v) is 15.3.